The molecular weight excluding hydrogens is 568 g/mol. The van der Waals surface area contributed by atoms with E-state index < -0.39 is 11.9 Å². The highest BCUT2D eigenvalue weighted by Gasteiger charge is 2.38. The van der Waals surface area contributed by atoms with Crippen molar-refractivity contribution in [2.75, 3.05) is 0 Å². The van der Waals surface area contributed by atoms with Gasteiger partial charge in [-0.2, -0.15) is 0 Å². The summed E-state index contributed by atoms with van der Waals surface area (Å²) in [5.74, 6) is 2.03. The van der Waals surface area contributed by atoms with E-state index in [1.165, 1.54) is 25.7 Å². The molecule has 244 valence electrons. The Morgan fingerprint density at radius 3 is 1.35 bits per heavy atom. The van der Waals surface area contributed by atoms with E-state index in [1.807, 2.05) is 66.7 Å². The molecule has 0 spiro atoms. The molecule has 2 aliphatic carbocycles. The Kier molecular flexibility index (Phi) is 10.6. The van der Waals surface area contributed by atoms with Crippen molar-refractivity contribution in [3.05, 3.63) is 101 Å². The Bertz CT molecular complexity index is 1420. The highest BCUT2D eigenvalue weighted by molar-refractivity contribution is 6.18. The molecule has 5 rings (SSSR count). The molecule has 0 saturated heterocycles. The second-order valence-corrected chi connectivity index (χ2v) is 15.1. The van der Waals surface area contributed by atoms with E-state index in [-0.39, 0.29) is 16.4 Å². The predicted octanol–water partition coefficient (Wildman–Crippen LogP) is 10.5. The van der Waals surface area contributed by atoms with E-state index in [0.717, 1.165) is 54.2 Å². The van der Waals surface area contributed by atoms with Crippen LogP contribution in [0.4, 0.5) is 0 Å². The third-order valence-corrected chi connectivity index (χ3v) is 11.2. The first-order chi connectivity index (χ1) is 22.0. The van der Waals surface area contributed by atoms with Crippen molar-refractivity contribution in [3.8, 4) is 11.5 Å². The molecule has 0 aromatic heterocycles. The minimum atomic E-state index is -0.715. The van der Waals surface area contributed by atoms with Gasteiger partial charge in [-0.25, -0.2) is 9.59 Å². The minimum absolute atomic E-state index is 0.135. The van der Waals surface area contributed by atoms with Crippen LogP contribution in [0.25, 0.3) is 6.08 Å². The molecule has 0 aliphatic heterocycles. The molecule has 0 amide bonds. The van der Waals surface area contributed by atoms with Crippen molar-refractivity contribution < 1.29 is 19.1 Å². The topological polar surface area (TPSA) is 52.6 Å². The van der Waals surface area contributed by atoms with Crippen molar-refractivity contribution in [1.29, 1.82) is 0 Å². The third-order valence-electron chi connectivity index (χ3n) is 11.2. The second kappa shape index (κ2) is 14.4. The number of carbonyl (C=O) groups excluding carboxylic acids is 2. The molecule has 0 N–H and O–H groups in total. The maximum absolute atomic E-state index is 14.0. The van der Waals surface area contributed by atoms with Gasteiger partial charge in [0.25, 0.3) is 0 Å². The number of rotatable bonds is 9. The van der Waals surface area contributed by atoms with Crippen LogP contribution in [0, 0.1) is 23.7 Å². The van der Waals surface area contributed by atoms with E-state index in [2.05, 4.69) is 53.7 Å². The zero-order valence-corrected chi connectivity index (χ0v) is 28.7. The van der Waals surface area contributed by atoms with Gasteiger partial charge in [0.15, 0.2) is 0 Å². The van der Waals surface area contributed by atoms with Crippen molar-refractivity contribution >= 4 is 18.0 Å². The summed E-state index contributed by atoms with van der Waals surface area (Å²) >= 11 is 0. The molecule has 0 atom stereocenters. The van der Waals surface area contributed by atoms with Crippen molar-refractivity contribution in [1.82, 2.24) is 0 Å². The molecule has 46 heavy (non-hydrogen) atoms. The van der Waals surface area contributed by atoms with Gasteiger partial charge in [0.1, 0.15) is 17.1 Å². The zero-order valence-electron chi connectivity index (χ0n) is 28.7. The zero-order chi connectivity index (χ0) is 32.9. The van der Waals surface area contributed by atoms with Gasteiger partial charge < -0.3 is 9.47 Å². The van der Waals surface area contributed by atoms with Crippen molar-refractivity contribution in [2.24, 2.45) is 23.7 Å². The van der Waals surface area contributed by atoms with Crippen LogP contribution in [-0.4, -0.2) is 11.9 Å². The summed E-state index contributed by atoms with van der Waals surface area (Å²) in [6.07, 6.45) is 11.0. The Hall–Kier alpha value is -3.66. The first kappa shape index (κ1) is 33.7. The van der Waals surface area contributed by atoms with Crippen LogP contribution in [0.1, 0.15) is 110 Å². The van der Waals surface area contributed by atoms with Crippen LogP contribution in [0.5, 0.6) is 11.5 Å². The van der Waals surface area contributed by atoms with E-state index in [0.29, 0.717) is 23.3 Å². The van der Waals surface area contributed by atoms with Crippen LogP contribution >= 0.6 is 0 Å². The highest BCUT2D eigenvalue weighted by Crippen LogP contribution is 2.46. The lowest BCUT2D eigenvalue weighted by Gasteiger charge is -2.39. The first-order valence-electron chi connectivity index (χ1n) is 17.4. The molecule has 2 saturated carbocycles. The SMILES string of the molecule is CC1CCC(C(C)(C)c2ccccc2OC(=O)C(=Cc2ccccc2)C(=O)Oc2ccccc2C(C)(C)C2CCC(C)CC2)CC1. The van der Waals surface area contributed by atoms with E-state index in [9.17, 15) is 9.59 Å². The van der Waals surface area contributed by atoms with Crippen LogP contribution in [0.15, 0.2) is 84.4 Å². The normalized spacial score (nSPS) is 22.0. The van der Waals surface area contributed by atoms with Gasteiger partial charge in [-0.3, -0.25) is 0 Å². The fourth-order valence-corrected chi connectivity index (χ4v) is 7.81. The lowest BCUT2D eigenvalue weighted by Crippen LogP contribution is -2.33. The van der Waals surface area contributed by atoms with Crippen molar-refractivity contribution in [2.45, 2.75) is 104 Å². The quantitative estimate of drug-likeness (QED) is 0.0785. The smallest absolute Gasteiger partial charge is 0.351 e. The average molecular weight is 621 g/mol. The number of carbonyl (C=O) groups is 2. The minimum Gasteiger partial charge on any atom is -0.422 e. The Morgan fingerprint density at radius 1 is 0.565 bits per heavy atom. The standard InChI is InChI=1S/C42H52O4/c1-29-20-24-32(25-21-29)41(3,4)35-16-10-12-18-37(35)45-39(43)34(28-31-14-8-7-9-15-31)40(44)46-38-19-13-11-17-36(38)42(5,6)33-26-22-30(2)23-27-33/h7-19,28-30,32-33H,20-27H2,1-6H3. The lowest BCUT2D eigenvalue weighted by molar-refractivity contribution is -0.137. The molecule has 0 radical (unpaired) electrons. The number of esters is 2. The number of benzene rings is 3. The Morgan fingerprint density at radius 2 is 0.935 bits per heavy atom. The maximum Gasteiger partial charge on any atom is 0.351 e. The maximum atomic E-state index is 14.0. The molecule has 0 bridgehead atoms. The Balaban J connectivity index is 1.43. The first-order valence-corrected chi connectivity index (χ1v) is 17.4. The summed E-state index contributed by atoms with van der Waals surface area (Å²) in [6.45, 7) is 13.7. The largest absolute Gasteiger partial charge is 0.422 e. The van der Waals surface area contributed by atoms with Gasteiger partial charge in [-0.1, -0.05) is 134 Å². The van der Waals surface area contributed by atoms with Crippen molar-refractivity contribution in [3.63, 3.8) is 0 Å². The van der Waals surface area contributed by atoms with Crippen LogP contribution < -0.4 is 9.47 Å². The van der Waals surface area contributed by atoms with E-state index in [4.69, 9.17) is 9.47 Å². The van der Waals surface area contributed by atoms with Gasteiger partial charge in [0, 0.05) is 11.1 Å². The molecule has 3 aromatic carbocycles. The summed E-state index contributed by atoms with van der Waals surface area (Å²) in [7, 11) is 0. The van der Waals surface area contributed by atoms with Crippen LogP contribution in [0.2, 0.25) is 0 Å². The molecular formula is C42H52O4. The fourth-order valence-electron chi connectivity index (χ4n) is 7.81. The molecule has 3 aromatic rings. The molecule has 0 unspecified atom stereocenters. The Labute approximate surface area is 276 Å². The predicted molar refractivity (Wildman–Crippen MR) is 187 cm³/mol. The lowest BCUT2D eigenvalue weighted by atomic mass is 9.66. The van der Waals surface area contributed by atoms with E-state index in [1.54, 1.807) is 6.08 Å². The molecule has 2 fully saturated rings. The summed E-state index contributed by atoms with van der Waals surface area (Å²) in [5, 5.41) is 0. The van der Waals surface area contributed by atoms with Crippen LogP contribution in [-0.2, 0) is 20.4 Å². The third kappa shape index (κ3) is 7.65. The number of para-hydroxylation sites is 2. The van der Waals surface area contributed by atoms with Gasteiger partial charge in [0.05, 0.1) is 0 Å². The molecule has 2 aliphatic rings. The van der Waals surface area contributed by atoms with Crippen LogP contribution in [0.3, 0.4) is 0 Å². The summed E-state index contributed by atoms with van der Waals surface area (Å²) in [6, 6.07) is 25.0. The number of ether oxygens (including phenoxy) is 2. The monoisotopic (exact) mass is 620 g/mol. The van der Waals surface area contributed by atoms with Gasteiger partial charge in [-0.15, -0.1) is 0 Å². The summed E-state index contributed by atoms with van der Waals surface area (Å²) < 4.78 is 12.3. The van der Waals surface area contributed by atoms with E-state index >= 15 is 0 Å². The number of hydrogen-bond acceptors (Lipinski definition) is 4. The average Bonchev–Trinajstić information content (AvgIpc) is 3.05. The molecule has 4 heteroatoms. The fraction of sp³-hybridized carbons (Fsp3) is 0.476. The molecule has 0 heterocycles. The number of hydrogen-bond donors (Lipinski definition) is 0. The highest BCUT2D eigenvalue weighted by atomic mass is 16.6. The molecule has 4 nitrogen and oxygen atoms in total. The van der Waals surface area contributed by atoms with Gasteiger partial charge >= 0.3 is 11.9 Å². The van der Waals surface area contributed by atoms with Gasteiger partial charge in [0.2, 0.25) is 0 Å². The summed E-state index contributed by atoms with van der Waals surface area (Å²) in [5.41, 5.74) is 2.18. The summed E-state index contributed by atoms with van der Waals surface area (Å²) in [4.78, 5) is 28.0. The second-order valence-electron chi connectivity index (χ2n) is 15.1. The van der Waals surface area contributed by atoms with Gasteiger partial charge in [-0.05, 0) is 84.0 Å².